The van der Waals surface area contributed by atoms with Crippen molar-refractivity contribution in [3.8, 4) is 5.75 Å². The van der Waals surface area contributed by atoms with Crippen LogP contribution in [0, 0.1) is 13.8 Å². The maximum Gasteiger partial charge on any atom is 0.165 e. The number of hydrogen-bond acceptors (Lipinski definition) is 2. The molecule has 0 atom stereocenters. The summed E-state index contributed by atoms with van der Waals surface area (Å²) in [4.78, 5) is 0. The van der Waals surface area contributed by atoms with Gasteiger partial charge in [-0.1, -0.05) is 13.0 Å². The van der Waals surface area contributed by atoms with E-state index in [2.05, 4.69) is 6.07 Å². The molecule has 0 saturated heterocycles. The molecule has 0 aliphatic rings. The van der Waals surface area contributed by atoms with Crippen LogP contribution in [0.25, 0.3) is 11.0 Å². The Morgan fingerprint density at radius 2 is 2.00 bits per heavy atom. The smallest absolute Gasteiger partial charge is 0.165 e. The lowest BCUT2D eigenvalue weighted by atomic mass is 10.1. The molecular formula is C12H14O2. The van der Waals surface area contributed by atoms with Crippen LogP contribution in [0.1, 0.15) is 23.8 Å². The van der Waals surface area contributed by atoms with Gasteiger partial charge in [-0.05, 0) is 31.0 Å². The van der Waals surface area contributed by atoms with Crippen molar-refractivity contribution in [1.82, 2.24) is 0 Å². The molecule has 1 heterocycles. The van der Waals surface area contributed by atoms with Crippen molar-refractivity contribution in [1.29, 1.82) is 0 Å². The van der Waals surface area contributed by atoms with Crippen LogP contribution in [0.15, 0.2) is 16.5 Å². The van der Waals surface area contributed by atoms with E-state index < -0.39 is 0 Å². The molecule has 0 unspecified atom stereocenters. The summed E-state index contributed by atoms with van der Waals surface area (Å²) in [6, 6.07) is 4.02. The second kappa shape index (κ2) is 3.05. The van der Waals surface area contributed by atoms with E-state index in [1.807, 2.05) is 26.8 Å². The number of rotatable bonds is 1. The van der Waals surface area contributed by atoms with Crippen LogP contribution in [0.4, 0.5) is 0 Å². The Bertz CT molecular complexity index is 481. The highest BCUT2D eigenvalue weighted by atomic mass is 16.4. The quantitative estimate of drug-likeness (QED) is 0.748. The first-order valence-electron chi connectivity index (χ1n) is 4.85. The lowest BCUT2D eigenvalue weighted by Crippen LogP contribution is -1.76. The van der Waals surface area contributed by atoms with Crippen LogP contribution in [-0.4, -0.2) is 5.11 Å². The zero-order chi connectivity index (χ0) is 10.3. The average molecular weight is 190 g/mol. The summed E-state index contributed by atoms with van der Waals surface area (Å²) in [5.74, 6) is 0.975. The molecule has 2 rings (SSSR count). The van der Waals surface area contributed by atoms with Crippen molar-refractivity contribution >= 4 is 11.0 Å². The highest BCUT2D eigenvalue weighted by Crippen LogP contribution is 2.34. The first-order valence-corrected chi connectivity index (χ1v) is 4.85. The molecule has 14 heavy (non-hydrogen) atoms. The van der Waals surface area contributed by atoms with Crippen molar-refractivity contribution in [3.63, 3.8) is 0 Å². The molecule has 0 spiro atoms. The molecule has 74 valence electrons. The summed E-state index contributed by atoms with van der Waals surface area (Å²) in [6.07, 6.45) is 0.721. The van der Waals surface area contributed by atoms with E-state index in [4.69, 9.17) is 4.42 Å². The van der Waals surface area contributed by atoms with E-state index in [1.54, 1.807) is 0 Å². The summed E-state index contributed by atoms with van der Waals surface area (Å²) >= 11 is 0. The van der Waals surface area contributed by atoms with Gasteiger partial charge in [0, 0.05) is 6.42 Å². The van der Waals surface area contributed by atoms with Gasteiger partial charge in [0.25, 0.3) is 0 Å². The van der Waals surface area contributed by atoms with Gasteiger partial charge in [0.2, 0.25) is 0 Å². The van der Waals surface area contributed by atoms with Crippen LogP contribution in [0.3, 0.4) is 0 Å². The van der Waals surface area contributed by atoms with Crippen LogP contribution >= 0.6 is 0 Å². The minimum Gasteiger partial charge on any atom is -0.504 e. The third-order valence-corrected chi connectivity index (χ3v) is 2.48. The number of furan rings is 1. The minimum absolute atomic E-state index is 0.300. The van der Waals surface area contributed by atoms with Crippen molar-refractivity contribution in [3.05, 3.63) is 29.0 Å². The zero-order valence-electron chi connectivity index (χ0n) is 8.72. The van der Waals surface area contributed by atoms with E-state index in [1.165, 1.54) is 0 Å². The first-order chi connectivity index (χ1) is 6.63. The molecule has 0 amide bonds. The number of benzene rings is 1. The molecule has 2 nitrogen and oxygen atoms in total. The fourth-order valence-electron chi connectivity index (χ4n) is 1.83. The van der Waals surface area contributed by atoms with E-state index in [0.717, 1.165) is 28.5 Å². The molecule has 1 N–H and O–H groups in total. The molecule has 2 heteroatoms. The van der Waals surface area contributed by atoms with Crippen molar-refractivity contribution in [2.75, 3.05) is 0 Å². The highest BCUT2D eigenvalue weighted by Gasteiger charge is 2.13. The molecule has 0 saturated carbocycles. The van der Waals surface area contributed by atoms with E-state index in [9.17, 15) is 5.11 Å². The molecule has 0 aliphatic heterocycles. The van der Waals surface area contributed by atoms with Gasteiger partial charge in [-0.25, -0.2) is 0 Å². The zero-order valence-corrected chi connectivity index (χ0v) is 8.72. The lowest BCUT2D eigenvalue weighted by Gasteiger charge is -1.96. The molecule has 0 aliphatic carbocycles. The lowest BCUT2D eigenvalue weighted by molar-refractivity contribution is 0.443. The van der Waals surface area contributed by atoms with Gasteiger partial charge in [-0.3, -0.25) is 0 Å². The third kappa shape index (κ3) is 1.18. The molecular weight excluding hydrogens is 176 g/mol. The maximum absolute atomic E-state index is 9.84. The molecule has 2 aromatic rings. The standard InChI is InChI=1S/C12H14O2/c1-4-10-11(13)9-6-7(2)5-8(3)12(9)14-10/h5-6,13H,4H2,1-3H3. The van der Waals surface area contributed by atoms with Crippen molar-refractivity contribution in [2.45, 2.75) is 27.2 Å². The molecule has 0 bridgehead atoms. The number of aryl methyl sites for hydroxylation is 3. The topological polar surface area (TPSA) is 33.4 Å². The summed E-state index contributed by atoms with van der Waals surface area (Å²) in [5.41, 5.74) is 3.04. The van der Waals surface area contributed by atoms with Crippen LogP contribution in [0.5, 0.6) is 5.75 Å². The van der Waals surface area contributed by atoms with Crippen LogP contribution < -0.4 is 0 Å². The second-order valence-electron chi connectivity index (χ2n) is 3.69. The highest BCUT2D eigenvalue weighted by molar-refractivity contribution is 5.88. The second-order valence-corrected chi connectivity index (χ2v) is 3.69. The Morgan fingerprint density at radius 1 is 1.29 bits per heavy atom. The minimum atomic E-state index is 0.300. The predicted molar refractivity (Wildman–Crippen MR) is 56.7 cm³/mol. The number of hydrogen-bond donors (Lipinski definition) is 1. The molecule has 1 aromatic heterocycles. The van der Waals surface area contributed by atoms with Crippen LogP contribution in [-0.2, 0) is 6.42 Å². The SMILES string of the molecule is CCc1oc2c(C)cc(C)cc2c1O. The van der Waals surface area contributed by atoms with Gasteiger partial charge in [-0.15, -0.1) is 0 Å². The Kier molecular flexibility index (Phi) is 1.99. The average Bonchev–Trinajstić information content (AvgIpc) is 2.44. The summed E-state index contributed by atoms with van der Waals surface area (Å²) < 4.78 is 5.58. The Hall–Kier alpha value is -1.44. The van der Waals surface area contributed by atoms with E-state index in [0.29, 0.717) is 11.5 Å². The monoisotopic (exact) mass is 190 g/mol. The summed E-state index contributed by atoms with van der Waals surface area (Å²) in [7, 11) is 0. The Balaban J connectivity index is 2.85. The van der Waals surface area contributed by atoms with Crippen molar-refractivity contribution in [2.24, 2.45) is 0 Å². The van der Waals surface area contributed by atoms with E-state index in [-0.39, 0.29) is 0 Å². The largest absolute Gasteiger partial charge is 0.504 e. The van der Waals surface area contributed by atoms with Gasteiger partial charge in [0.1, 0.15) is 11.3 Å². The molecule has 1 aromatic carbocycles. The van der Waals surface area contributed by atoms with Gasteiger partial charge in [0.15, 0.2) is 5.75 Å². The normalized spacial score (nSPS) is 11.1. The number of fused-ring (bicyclic) bond motifs is 1. The van der Waals surface area contributed by atoms with Gasteiger partial charge >= 0.3 is 0 Å². The van der Waals surface area contributed by atoms with Gasteiger partial charge in [-0.2, -0.15) is 0 Å². The first kappa shape index (κ1) is 9.13. The molecule has 0 fully saturated rings. The fourth-order valence-corrected chi connectivity index (χ4v) is 1.83. The third-order valence-electron chi connectivity index (χ3n) is 2.48. The van der Waals surface area contributed by atoms with E-state index >= 15 is 0 Å². The molecule has 0 radical (unpaired) electrons. The summed E-state index contributed by atoms with van der Waals surface area (Å²) in [6.45, 7) is 5.99. The number of aromatic hydroxyl groups is 1. The summed E-state index contributed by atoms with van der Waals surface area (Å²) in [5, 5.41) is 10.7. The fraction of sp³-hybridized carbons (Fsp3) is 0.333. The predicted octanol–water partition coefficient (Wildman–Crippen LogP) is 3.32. The van der Waals surface area contributed by atoms with Crippen LogP contribution in [0.2, 0.25) is 0 Å². The Labute approximate surface area is 83.2 Å². The maximum atomic E-state index is 9.84. The Morgan fingerprint density at radius 3 is 2.64 bits per heavy atom. The van der Waals surface area contributed by atoms with Crippen molar-refractivity contribution < 1.29 is 9.52 Å². The van der Waals surface area contributed by atoms with Gasteiger partial charge < -0.3 is 9.52 Å². The van der Waals surface area contributed by atoms with Gasteiger partial charge in [0.05, 0.1) is 5.39 Å².